The van der Waals surface area contributed by atoms with Gasteiger partial charge in [-0.3, -0.25) is 0 Å². The van der Waals surface area contributed by atoms with Crippen LogP contribution in [-0.2, 0) is 0 Å². The number of nitrogens with one attached hydrogen (secondary N) is 1. The van der Waals surface area contributed by atoms with Gasteiger partial charge in [-0.1, -0.05) is 18.2 Å². The van der Waals surface area contributed by atoms with E-state index in [1.807, 2.05) is 37.3 Å². The highest BCUT2D eigenvalue weighted by molar-refractivity contribution is 5.42. The molecule has 0 aliphatic heterocycles. The van der Waals surface area contributed by atoms with Crippen molar-refractivity contribution in [2.45, 2.75) is 13.3 Å². The van der Waals surface area contributed by atoms with Crippen molar-refractivity contribution in [1.82, 2.24) is 0 Å². The first-order valence-corrected chi connectivity index (χ1v) is 6.43. The van der Waals surface area contributed by atoms with Gasteiger partial charge >= 0.3 is 0 Å². The van der Waals surface area contributed by atoms with Crippen molar-refractivity contribution in [2.75, 3.05) is 18.5 Å². The molecule has 100 valence electrons. The van der Waals surface area contributed by atoms with Crippen molar-refractivity contribution in [3.8, 4) is 5.75 Å². The molecule has 0 unspecified atom stereocenters. The predicted molar refractivity (Wildman–Crippen MR) is 76.2 cm³/mol. The van der Waals surface area contributed by atoms with Crippen molar-refractivity contribution >= 4 is 5.69 Å². The number of anilines is 1. The Morgan fingerprint density at radius 2 is 1.89 bits per heavy atom. The van der Waals surface area contributed by atoms with Gasteiger partial charge in [-0.25, -0.2) is 4.39 Å². The quantitative estimate of drug-likeness (QED) is 0.791. The van der Waals surface area contributed by atoms with Crippen LogP contribution in [0.15, 0.2) is 48.5 Å². The molecular weight excluding hydrogens is 241 g/mol. The molecule has 19 heavy (non-hydrogen) atoms. The molecule has 2 nitrogen and oxygen atoms in total. The van der Waals surface area contributed by atoms with Crippen molar-refractivity contribution in [1.29, 1.82) is 0 Å². The summed E-state index contributed by atoms with van der Waals surface area (Å²) in [6.07, 6.45) is 0.895. The molecule has 0 aromatic heterocycles. The largest absolute Gasteiger partial charge is 0.493 e. The summed E-state index contributed by atoms with van der Waals surface area (Å²) in [5.41, 5.74) is 1.94. The molecule has 0 aliphatic rings. The first kappa shape index (κ1) is 13.4. The second-order valence-electron chi connectivity index (χ2n) is 4.40. The smallest absolute Gasteiger partial charge is 0.123 e. The van der Waals surface area contributed by atoms with Crippen LogP contribution in [0.3, 0.4) is 0 Å². The summed E-state index contributed by atoms with van der Waals surface area (Å²) in [6, 6.07) is 14.6. The minimum Gasteiger partial charge on any atom is -0.493 e. The molecule has 2 aromatic carbocycles. The molecule has 0 spiro atoms. The van der Waals surface area contributed by atoms with Crippen LogP contribution in [0.4, 0.5) is 10.1 Å². The Hall–Kier alpha value is -2.03. The number of benzene rings is 2. The van der Waals surface area contributed by atoms with E-state index in [2.05, 4.69) is 5.32 Å². The zero-order valence-electron chi connectivity index (χ0n) is 11.0. The molecule has 2 rings (SSSR count). The van der Waals surface area contributed by atoms with Gasteiger partial charge in [0.05, 0.1) is 6.61 Å². The molecule has 0 saturated heterocycles. The van der Waals surface area contributed by atoms with Crippen molar-refractivity contribution in [3.05, 3.63) is 59.9 Å². The number of rotatable bonds is 6. The molecular formula is C16H18FNO. The Bertz CT molecular complexity index is 513. The molecule has 0 heterocycles. The minimum absolute atomic E-state index is 0.226. The molecule has 3 heteroatoms. The fourth-order valence-electron chi connectivity index (χ4n) is 1.82. The first-order valence-electron chi connectivity index (χ1n) is 6.43. The van der Waals surface area contributed by atoms with Crippen molar-refractivity contribution < 1.29 is 9.13 Å². The van der Waals surface area contributed by atoms with Gasteiger partial charge in [0.1, 0.15) is 11.6 Å². The fourth-order valence-corrected chi connectivity index (χ4v) is 1.82. The maximum atomic E-state index is 12.9. The minimum atomic E-state index is -0.226. The molecule has 0 saturated carbocycles. The Kier molecular flexibility index (Phi) is 4.78. The molecule has 2 aromatic rings. The van der Waals surface area contributed by atoms with Crippen LogP contribution in [0, 0.1) is 12.7 Å². The van der Waals surface area contributed by atoms with Gasteiger partial charge in [0.2, 0.25) is 0 Å². The third kappa shape index (κ3) is 4.28. The van der Waals surface area contributed by atoms with E-state index in [1.54, 1.807) is 6.07 Å². The van der Waals surface area contributed by atoms with Gasteiger partial charge in [-0.2, -0.15) is 0 Å². The second kappa shape index (κ2) is 6.78. The monoisotopic (exact) mass is 259 g/mol. The molecule has 0 aliphatic carbocycles. The zero-order valence-corrected chi connectivity index (χ0v) is 11.0. The average molecular weight is 259 g/mol. The third-order valence-corrected chi connectivity index (χ3v) is 2.82. The number of hydrogen-bond acceptors (Lipinski definition) is 2. The standard InChI is InChI=1S/C16H18FNO/c1-13-12-14(17)8-9-16(13)19-11-5-10-18-15-6-3-2-4-7-15/h2-4,6-9,12,18H,5,10-11H2,1H3. The summed E-state index contributed by atoms with van der Waals surface area (Å²) in [6.45, 7) is 3.32. The number of aryl methyl sites for hydroxylation is 1. The van der Waals surface area contributed by atoms with Gasteiger partial charge in [0.15, 0.2) is 0 Å². The second-order valence-corrected chi connectivity index (χ2v) is 4.40. The van der Waals surface area contributed by atoms with Crippen LogP contribution in [-0.4, -0.2) is 13.2 Å². The maximum absolute atomic E-state index is 12.9. The first-order chi connectivity index (χ1) is 9.25. The zero-order chi connectivity index (χ0) is 13.5. The number of hydrogen-bond donors (Lipinski definition) is 1. The van der Waals surface area contributed by atoms with Crippen LogP contribution >= 0.6 is 0 Å². The lowest BCUT2D eigenvalue weighted by atomic mass is 10.2. The van der Waals surface area contributed by atoms with E-state index in [1.165, 1.54) is 12.1 Å². The van der Waals surface area contributed by atoms with E-state index < -0.39 is 0 Å². The number of para-hydroxylation sites is 1. The lowest BCUT2D eigenvalue weighted by molar-refractivity contribution is 0.312. The number of halogens is 1. The van der Waals surface area contributed by atoms with E-state index in [0.29, 0.717) is 6.61 Å². The maximum Gasteiger partial charge on any atom is 0.123 e. The highest BCUT2D eigenvalue weighted by atomic mass is 19.1. The Morgan fingerprint density at radius 3 is 2.63 bits per heavy atom. The van der Waals surface area contributed by atoms with Gasteiger partial charge in [0.25, 0.3) is 0 Å². The molecule has 0 fully saturated rings. The van der Waals surface area contributed by atoms with Crippen LogP contribution in [0.2, 0.25) is 0 Å². The van der Waals surface area contributed by atoms with E-state index in [4.69, 9.17) is 4.74 Å². The highest BCUT2D eigenvalue weighted by Gasteiger charge is 2.00. The van der Waals surface area contributed by atoms with E-state index >= 15 is 0 Å². The molecule has 0 atom stereocenters. The van der Waals surface area contributed by atoms with Gasteiger partial charge in [-0.05, 0) is 49.2 Å². The summed E-state index contributed by atoms with van der Waals surface area (Å²) in [4.78, 5) is 0. The summed E-state index contributed by atoms with van der Waals surface area (Å²) in [5, 5.41) is 3.31. The fraction of sp³-hybridized carbons (Fsp3) is 0.250. The summed E-state index contributed by atoms with van der Waals surface area (Å²) < 4.78 is 18.5. The lowest BCUT2D eigenvalue weighted by Gasteiger charge is -2.10. The summed E-state index contributed by atoms with van der Waals surface area (Å²) >= 11 is 0. The third-order valence-electron chi connectivity index (χ3n) is 2.82. The normalized spacial score (nSPS) is 10.2. The Balaban J connectivity index is 1.69. The van der Waals surface area contributed by atoms with Crippen molar-refractivity contribution in [2.24, 2.45) is 0 Å². The van der Waals surface area contributed by atoms with Crippen molar-refractivity contribution in [3.63, 3.8) is 0 Å². The van der Waals surface area contributed by atoms with Gasteiger partial charge in [0, 0.05) is 12.2 Å². The summed E-state index contributed by atoms with van der Waals surface area (Å²) in [7, 11) is 0. The average Bonchev–Trinajstić information content (AvgIpc) is 2.42. The lowest BCUT2D eigenvalue weighted by Crippen LogP contribution is -2.07. The molecule has 0 amide bonds. The SMILES string of the molecule is Cc1cc(F)ccc1OCCCNc1ccccc1. The molecule has 0 radical (unpaired) electrons. The predicted octanol–water partition coefficient (Wildman–Crippen LogP) is 4.02. The van der Waals surface area contributed by atoms with E-state index in [-0.39, 0.29) is 5.82 Å². The molecule has 0 bridgehead atoms. The van der Waals surface area contributed by atoms with Gasteiger partial charge in [-0.15, -0.1) is 0 Å². The Morgan fingerprint density at radius 1 is 1.11 bits per heavy atom. The van der Waals surface area contributed by atoms with E-state index in [9.17, 15) is 4.39 Å². The van der Waals surface area contributed by atoms with Gasteiger partial charge < -0.3 is 10.1 Å². The van der Waals surface area contributed by atoms with Crippen LogP contribution in [0.25, 0.3) is 0 Å². The van der Waals surface area contributed by atoms with E-state index in [0.717, 1.165) is 30.0 Å². The molecule has 1 N–H and O–H groups in total. The summed E-state index contributed by atoms with van der Waals surface area (Å²) in [5.74, 6) is 0.525. The highest BCUT2D eigenvalue weighted by Crippen LogP contribution is 2.18. The van der Waals surface area contributed by atoms with Crippen LogP contribution < -0.4 is 10.1 Å². The number of ether oxygens (including phenoxy) is 1. The Labute approximate surface area is 113 Å². The van der Waals surface area contributed by atoms with Crippen LogP contribution in [0.5, 0.6) is 5.75 Å². The van der Waals surface area contributed by atoms with Crippen LogP contribution in [0.1, 0.15) is 12.0 Å². The topological polar surface area (TPSA) is 21.3 Å².